The van der Waals surface area contributed by atoms with Crippen molar-refractivity contribution in [2.75, 3.05) is 11.4 Å². The van der Waals surface area contributed by atoms with Crippen molar-refractivity contribution in [3.05, 3.63) is 119 Å². The molecule has 0 aliphatic carbocycles. The monoisotopic (exact) mass is 442 g/mol. The predicted octanol–water partition coefficient (Wildman–Crippen LogP) is 7.51. The van der Waals surface area contributed by atoms with Crippen LogP contribution in [0.2, 0.25) is 5.02 Å². The maximum Gasteiger partial charge on any atom is 0.138 e. The van der Waals surface area contributed by atoms with Gasteiger partial charge in [-0.25, -0.2) is 0 Å². The lowest BCUT2D eigenvalue weighted by Crippen LogP contribution is -2.21. The van der Waals surface area contributed by atoms with Crippen LogP contribution in [0.4, 0.5) is 5.69 Å². The number of nitriles is 1. The first-order valence-corrected chi connectivity index (χ1v) is 11.1. The number of hydrogen-bond acceptors (Lipinski definition) is 3. The van der Waals surface area contributed by atoms with E-state index in [1.807, 2.05) is 103 Å². The van der Waals surface area contributed by atoms with Crippen LogP contribution in [-0.2, 0) is 6.61 Å². The molecule has 3 nitrogen and oxygen atoms in total. The fraction of sp³-hybridized carbons (Fsp3) is 0.179. The molecule has 0 amide bonds. The molecule has 162 valence electrons. The van der Waals surface area contributed by atoms with Crippen LogP contribution in [0.5, 0.6) is 5.75 Å². The van der Waals surface area contributed by atoms with E-state index in [1.165, 1.54) is 0 Å². The summed E-state index contributed by atoms with van der Waals surface area (Å²) in [7, 11) is 0. The average molecular weight is 443 g/mol. The van der Waals surface area contributed by atoms with Gasteiger partial charge < -0.3 is 9.64 Å². The largest absolute Gasteiger partial charge is 0.487 e. The molecule has 3 aromatic rings. The van der Waals surface area contributed by atoms with Gasteiger partial charge in [0.05, 0.1) is 5.02 Å². The Bertz CT molecular complexity index is 1090. The molecule has 0 heterocycles. The highest BCUT2D eigenvalue weighted by molar-refractivity contribution is 6.32. The van der Waals surface area contributed by atoms with Gasteiger partial charge in [-0.15, -0.1) is 6.58 Å². The second-order valence-corrected chi connectivity index (χ2v) is 7.75. The van der Waals surface area contributed by atoms with E-state index >= 15 is 0 Å². The van der Waals surface area contributed by atoms with Gasteiger partial charge in [-0.3, -0.25) is 0 Å². The highest BCUT2D eigenvalue weighted by Gasteiger charge is 2.16. The maximum atomic E-state index is 9.90. The SMILES string of the molecule is C=CC[C@@H](/C=C(\C#N)N(CC)c1ccccc1)c1ccc(OCc2ccccc2)c(Cl)c1. The van der Waals surface area contributed by atoms with Gasteiger partial charge in [-0.05, 0) is 54.8 Å². The number of anilines is 1. The van der Waals surface area contributed by atoms with Crippen LogP contribution in [-0.4, -0.2) is 6.54 Å². The van der Waals surface area contributed by atoms with Crippen molar-refractivity contribution in [2.45, 2.75) is 25.9 Å². The molecule has 3 rings (SSSR count). The Kier molecular flexibility index (Phi) is 8.54. The number of hydrogen-bond donors (Lipinski definition) is 0. The van der Waals surface area contributed by atoms with Gasteiger partial charge in [0.2, 0.25) is 0 Å². The summed E-state index contributed by atoms with van der Waals surface area (Å²) in [5.41, 5.74) is 3.69. The van der Waals surface area contributed by atoms with E-state index in [9.17, 15) is 5.26 Å². The third kappa shape index (κ3) is 6.03. The molecule has 0 fully saturated rings. The molecule has 4 heteroatoms. The Morgan fingerprint density at radius 1 is 1.09 bits per heavy atom. The quantitative estimate of drug-likeness (QED) is 0.240. The molecule has 0 aromatic heterocycles. The van der Waals surface area contributed by atoms with E-state index in [1.54, 1.807) is 0 Å². The molecule has 0 spiro atoms. The Labute approximate surface area is 195 Å². The van der Waals surface area contributed by atoms with E-state index in [-0.39, 0.29) is 5.92 Å². The second kappa shape index (κ2) is 11.8. The van der Waals surface area contributed by atoms with Gasteiger partial charge in [0.25, 0.3) is 0 Å². The lowest BCUT2D eigenvalue weighted by atomic mass is 9.94. The van der Waals surface area contributed by atoms with Crippen molar-refractivity contribution in [3.8, 4) is 11.8 Å². The Balaban J connectivity index is 1.84. The summed E-state index contributed by atoms with van der Waals surface area (Å²) in [6, 6.07) is 28.1. The zero-order valence-electron chi connectivity index (χ0n) is 18.2. The van der Waals surface area contributed by atoms with Crippen molar-refractivity contribution in [1.82, 2.24) is 0 Å². The summed E-state index contributed by atoms with van der Waals surface area (Å²) in [5, 5.41) is 10.4. The Hall–Kier alpha value is -3.48. The lowest BCUT2D eigenvalue weighted by Gasteiger charge is -2.24. The second-order valence-electron chi connectivity index (χ2n) is 7.34. The highest BCUT2D eigenvalue weighted by atomic mass is 35.5. The zero-order valence-corrected chi connectivity index (χ0v) is 19.0. The van der Waals surface area contributed by atoms with Crippen LogP contribution in [0.15, 0.2) is 103 Å². The van der Waals surface area contributed by atoms with E-state index in [4.69, 9.17) is 16.3 Å². The van der Waals surface area contributed by atoms with Gasteiger partial charge in [0.15, 0.2) is 0 Å². The number of halogens is 1. The minimum Gasteiger partial charge on any atom is -0.487 e. The summed E-state index contributed by atoms with van der Waals surface area (Å²) < 4.78 is 5.91. The fourth-order valence-corrected chi connectivity index (χ4v) is 3.80. The molecule has 0 unspecified atom stereocenters. The molecular weight excluding hydrogens is 416 g/mol. The van der Waals surface area contributed by atoms with Crippen molar-refractivity contribution < 1.29 is 4.74 Å². The first kappa shape index (κ1) is 23.2. The predicted molar refractivity (Wildman–Crippen MR) is 133 cm³/mol. The number of allylic oxidation sites excluding steroid dienone is 3. The first-order valence-electron chi connectivity index (χ1n) is 10.7. The zero-order chi connectivity index (χ0) is 22.8. The third-order valence-corrected chi connectivity index (χ3v) is 5.49. The molecule has 0 bridgehead atoms. The van der Waals surface area contributed by atoms with Crippen molar-refractivity contribution in [2.24, 2.45) is 0 Å². The lowest BCUT2D eigenvalue weighted by molar-refractivity contribution is 0.306. The van der Waals surface area contributed by atoms with Gasteiger partial charge in [-0.2, -0.15) is 5.26 Å². The van der Waals surface area contributed by atoms with Gasteiger partial charge in [-0.1, -0.05) is 72.3 Å². The molecule has 0 saturated heterocycles. The van der Waals surface area contributed by atoms with Crippen LogP contribution in [0.1, 0.15) is 30.4 Å². The van der Waals surface area contributed by atoms with Crippen molar-refractivity contribution in [3.63, 3.8) is 0 Å². The van der Waals surface area contributed by atoms with Gasteiger partial charge >= 0.3 is 0 Å². The van der Waals surface area contributed by atoms with Gasteiger partial charge in [0.1, 0.15) is 24.1 Å². The molecule has 0 N–H and O–H groups in total. The third-order valence-electron chi connectivity index (χ3n) is 5.19. The van der Waals surface area contributed by atoms with E-state index in [0.717, 1.165) is 16.8 Å². The number of para-hydroxylation sites is 1. The normalized spacial score (nSPS) is 12.0. The topological polar surface area (TPSA) is 36.3 Å². The smallest absolute Gasteiger partial charge is 0.138 e. The summed E-state index contributed by atoms with van der Waals surface area (Å²) >= 11 is 6.55. The molecule has 0 aliphatic heterocycles. The highest BCUT2D eigenvalue weighted by Crippen LogP contribution is 2.32. The molecular formula is C28H27ClN2O. The van der Waals surface area contributed by atoms with Gasteiger partial charge in [0, 0.05) is 18.2 Å². The molecule has 3 aromatic carbocycles. The van der Waals surface area contributed by atoms with Crippen molar-refractivity contribution >= 4 is 17.3 Å². The van der Waals surface area contributed by atoms with E-state index in [2.05, 4.69) is 12.6 Å². The minimum absolute atomic E-state index is 0.0272. The summed E-state index contributed by atoms with van der Waals surface area (Å²) in [4.78, 5) is 2.01. The van der Waals surface area contributed by atoms with Crippen LogP contribution < -0.4 is 9.64 Å². The Morgan fingerprint density at radius 3 is 2.38 bits per heavy atom. The molecule has 32 heavy (non-hydrogen) atoms. The molecule has 0 saturated carbocycles. The van der Waals surface area contributed by atoms with Crippen LogP contribution in [0.3, 0.4) is 0 Å². The number of benzene rings is 3. The fourth-order valence-electron chi connectivity index (χ4n) is 3.56. The molecule has 0 aliphatic rings. The average Bonchev–Trinajstić information content (AvgIpc) is 2.84. The van der Waals surface area contributed by atoms with E-state index in [0.29, 0.717) is 36.0 Å². The molecule has 0 radical (unpaired) electrons. The first-order chi connectivity index (χ1) is 15.7. The van der Waals surface area contributed by atoms with Crippen LogP contribution >= 0.6 is 11.6 Å². The van der Waals surface area contributed by atoms with Crippen LogP contribution in [0.25, 0.3) is 0 Å². The van der Waals surface area contributed by atoms with Crippen LogP contribution in [0, 0.1) is 11.3 Å². The number of nitrogens with zero attached hydrogens (tertiary/aromatic N) is 2. The van der Waals surface area contributed by atoms with E-state index < -0.39 is 0 Å². The van der Waals surface area contributed by atoms with Crippen molar-refractivity contribution in [1.29, 1.82) is 5.26 Å². The molecule has 1 atom stereocenters. The summed E-state index contributed by atoms with van der Waals surface area (Å²) in [6.45, 7) is 7.09. The standard InChI is InChI=1S/C28H27ClN2O/c1-3-11-23(18-26(20-30)31(4-2)25-14-9-6-10-15-25)24-16-17-28(27(29)19-24)32-21-22-12-7-5-8-13-22/h3,5-10,12-19,23H,1,4,11,21H2,2H3/b26-18+/t23-/m0/s1. The summed E-state index contributed by atoms with van der Waals surface area (Å²) in [5.74, 6) is 0.612. The Morgan fingerprint density at radius 2 is 1.78 bits per heavy atom. The summed E-state index contributed by atoms with van der Waals surface area (Å²) in [6.07, 6.45) is 4.55. The number of ether oxygens (including phenoxy) is 1. The minimum atomic E-state index is -0.0272. The maximum absolute atomic E-state index is 9.90. The number of rotatable bonds is 10.